The van der Waals surface area contributed by atoms with Gasteiger partial charge < -0.3 is 5.32 Å². The van der Waals surface area contributed by atoms with Crippen molar-refractivity contribution in [2.24, 2.45) is 16.8 Å². The van der Waals surface area contributed by atoms with E-state index >= 15 is 0 Å². The Bertz CT molecular complexity index is 202. The predicted molar refractivity (Wildman–Crippen MR) is 75.8 cm³/mol. The lowest BCUT2D eigenvalue weighted by molar-refractivity contribution is 0.491. The normalized spacial score (nSPS) is 13.9. The van der Waals surface area contributed by atoms with Gasteiger partial charge in [0.2, 0.25) is 5.96 Å². The average molecular weight is 242 g/mol. The fraction of sp³-hybridized carbons (Fsp3) is 0.923. The smallest absolute Gasteiger partial charge is 0.205 e. The Morgan fingerprint density at radius 1 is 1.18 bits per heavy atom. The number of aliphatic imine (C=N–C) groups is 1. The number of guanidine groups is 1. The van der Waals surface area contributed by atoms with Gasteiger partial charge in [-0.1, -0.05) is 40.0 Å². The van der Waals surface area contributed by atoms with Gasteiger partial charge in [-0.15, -0.1) is 0 Å². The van der Waals surface area contributed by atoms with Crippen LogP contribution in [0.1, 0.15) is 59.8 Å². The molecule has 17 heavy (non-hydrogen) atoms. The third kappa shape index (κ3) is 10.1. The van der Waals surface area contributed by atoms with Crippen molar-refractivity contribution in [3.05, 3.63) is 0 Å². The Balaban J connectivity index is 3.80. The minimum absolute atomic E-state index is 0.421. The number of hydrazine groups is 1. The third-order valence-electron chi connectivity index (χ3n) is 2.72. The standard InChI is InChI=1S/C13H30N4/c1-5-6-10-15-13(17-14)16-12(4)9-7-8-11(2)3/h11-12H,5-10,14H2,1-4H3,(H2,15,16,17). The Morgan fingerprint density at radius 2 is 1.88 bits per heavy atom. The number of unbranched alkanes of at least 4 members (excludes halogenated alkanes) is 1. The molecule has 0 radical (unpaired) electrons. The van der Waals surface area contributed by atoms with Gasteiger partial charge >= 0.3 is 0 Å². The molecule has 0 aliphatic rings. The molecule has 0 aromatic heterocycles. The zero-order valence-corrected chi connectivity index (χ0v) is 11.9. The molecule has 0 bridgehead atoms. The molecule has 0 amide bonds. The van der Waals surface area contributed by atoms with Crippen molar-refractivity contribution in [3.63, 3.8) is 0 Å². The van der Waals surface area contributed by atoms with Gasteiger partial charge in [0.05, 0.1) is 0 Å². The predicted octanol–water partition coefficient (Wildman–Crippen LogP) is 2.41. The minimum Gasteiger partial charge on any atom is -0.353 e. The molecule has 0 aliphatic carbocycles. The zero-order valence-electron chi connectivity index (χ0n) is 11.9. The Labute approximate surface area is 106 Å². The quantitative estimate of drug-likeness (QED) is 0.201. The Morgan fingerprint density at radius 3 is 2.41 bits per heavy atom. The van der Waals surface area contributed by atoms with E-state index in [1.807, 2.05) is 0 Å². The van der Waals surface area contributed by atoms with E-state index in [2.05, 4.69) is 43.4 Å². The summed E-state index contributed by atoms with van der Waals surface area (Å²) in [5, 5.41) is 3.31. The molecule has 0 saturated heterocycles. The summed E-state index contributed by atoms with van der Waals surface area (Å²) in [6.45, 7) is 9.69. The molecule has 0 rings (SSSR count). The molecule has 102 valence electrons. The molecule has 4 nitrogen and oxygen atoms in total. The molecule has 0 spiro atoms. The van der Waals surface area contributed by atoms with Gasteiger partial charge in [-0.3, -0.25) is 10.4 Å². The van der Waals surface area contributed by atoms with Crippen LogP contribution >= 0.6 is 0 Å². The molecular formula is C13H30N4. The molecular weight excluding hydrogens is 212 g/mol. The number of hydrogen-bond acceptors (Lipinski definition) is 2. The van der Waals surface area contributed by atoms with Crippen LogP contribution in [-0.2, 0) is 0 Å². The van der Waals surface area contributed by atoms with Crippen molar-refractivity contribution in [2.75, 3.05) is 6.54 Å². The molecule has 0 aromatic rings. The lowest BCUT2D eigenvalue weighted by atomic mass is 10.0. The summed E-state index contributed by atoms with van der Waals surface area (Å²) in [6.07, 6.45) is 5.95. The maximum Gasteiger partial charge on any atom is 0.205 e. The van der Waals surface area contributed by atoms with E-state index in [4.69, 9.17) is 5.84 Å². The summed E-state index contributed by atoms with van der Waals surface area (Å²) in [5.74, 6) is 6.94. The molecule has 0 aromatic carbocycles. The van der Waals surface area contributed by atoms with Crippen LogP contribution in [0.25, 0.3) is 0 Å². The van der Waals surface area contributed by atoms with Crippen LogP contribution < -0.4 is 16.6 Å². The fourth-order valence-corrected chi connectivity index (χ4v) is 1.62. The van der Waals surface area contributed by atoms with E-state index in [-0.39, 0.29) is 0 Å². The largest absolute Gasteiger partial charge is 0.353 e. The average Bonchev–Trinajstić information content (AvgIpc) is 2.27. The number of nitrogens with zero attached hydrogens (tertiary/aromatic N) is 1. The highest BCUT2D eigenvalue weighted by atomic mass is 15.3. The summed E-state index contributed by atoms with van der Waals surface area (Å²) in [6, 6.07) is 0.421. The minimum atomic E-state index is 0.421. The summed E-state index contributed by atoms with van der Waals surface area (Å²) >= 11 is 0. The second-order valence-corrected chi connectivity index (χ2v) is 5.10. The molecule has 1 unspecified atom stereocenters. The van der Waals surface area contributed by atoms with Crippen LogP contribution in [0.2, 0.25) is 0 Å². The maximum atomic E-state index is 5.44. The zero-order chi connectivity index (χ0) is 13.1. The third-order valence-corrected chi connectivity index (χ3v) is 2.72. The summed E-state index contributed by atoms with van der Waals surface area (Å²) in [7, 11) is 0. The number of nitrogens with two attached hydrogens (primary N) is 1. The van der Waals surface area contributed by atoms with Crippen LogP contribution in [0, 0.1) is 5.92 Å². The van der Waals surface area contributed by atoms with Gasteiger partial charge in [-0.05, 0) is 25.7 Å². The van der Waals surface area contributed by atoms with Crippen LogP contribution in [-0.4, -0.2) is 18.5 Å². The first-order valence-electron chi connectivity index (χ1n) is 6.87. The molecule has 0 fully saturated rings. The monoisotopic (exact) mass is 242 g/mol. The summed E-state index contributed by atoms with van der Waals surface area (Å²) in [5.41, 5.74) is 2.63. The van der Waals surface area contributed by atoms with Gasteiger partial charge in [0, 0.05) is 12.6 Å². The van der Waals surface area contributed by atoms with Crippen molar-refractivity contribution in [2.45, 2.75) is 65.8 Å². The molecule has 0 saturated carbocycles. The van der Waals surface area contributed by atoms with Crippen molar-refractivity contribution in [3.8, 4) is 0 Å². The van der Waals surface area contributed by atoms with Crippen LogP contribution in [0.4, 0.5) is 0 Å². The second-order valence-electron chi connectivity index (χ2n) is 5.10. The van der Waals surface area contributed by atoms with Crippen molar-refractivity contribution < 1.29 is 0 Å². The highest BCUT2D eigenvalue weighted by Gasteiger charge is 2.04. The van der Waals surface area contributed by atoms with Crippen molar-refractivity contribution >= 4 is 5.96 Å². The topological polar surface area (TPSA) is 62.4 Å². The van der Waals surface area contributed by atoms with E-state index in [1.165, 1.54) is 12.8 Å². The summed E-state index contributed by atoms with van der Waals surface area (Å²) < 4.78 is 0. The lowest BCUT2D eigenvalue weighted by Crippen LogP contribution is -2.45. The first-order valence-corrected chi connectivity index (χ1v) is 6.87. The van der Waals surface area contributed by atoms with Crippen LogP contribution in [0.5, 0.6) is 0 Å². The summed E-state index contributed by atoms with van der Waals surface area (Å²) in [4.78, 5) is 4.38. The maximum absolute atomic E-state index is 5.44. The number of rotatable bonds is 8. The number of hydrogen-bond donors (Lipinski definition) is 3. The van der Waals surface area contributed by atoms with Crippen LogP contribution in [0.3, 0.4) is 0 Å². The van der Waals surface area contributed by atoms with Crippen molar-refractivity contribution in [1.29, 1.82) is 0 Å². The number of nitrogens with one attached hydrogen (secondary N) is 2. The van der Waals surface area contributed by atoms with Gasteiger partial charge in [-0.2, -0.15) is 0 Å². The van der Waals surface area contributed by atoms with E-state index in [9.17, 15) is 0 Å². The SMILES string of the molecule is CCCCN=C(NN)NC(C)CCCC(C)C. The van der Waals surface area contributed by atoms with Gasteiger partial charge in [0.1, 0.15) is 0 Å². The highest BCUT2D eigenvalue weighted by Crippen LogP contribution is 2.07. The van der Waals surface area contributed by atoms with Gasteiger partial charge in [0.25, 0.3) is 0 Å². The molecule has 0 heterocycles. The van der Waals surface area contributed by atoms with Crippen LogP contribution in [0.15, 0.2) is 4.99 Å². The van der Waals surface area contributed by atoms with E-state index in [0.717, 1.165) is 37.7 Å². The Kier molecular flexibility index (Phi) is 9.92. The fourth-order valence-electron chi connectivity index (χ4n) is 1.62. The van der Waals surface area contributed by atoms with E-state index < -0.39 is 0 Å². The molecule has 1 atom stereocenters. The lowest BCUT2D eigenvalue weighted by Gasteiger charge is -2.17. The molecule has 0 aliphatic heterocycles. The Hall–Kier alpha value is -0.770. The van der Waals surface area contributed by atoms with E-state index in [1.54, 1.807) is 0 Å². The van der Waals surface area contributed by atoms with Gasteiger partial charge in [0.15, 0.2) is 0 Å². The first-order chi connectivity index (χ1) is 8.10. The second kappa shape index (κ2) is 10.4. The highest BCUT2D eigenvalue weighted by molar-refractivity contribution is 5.79. The first kappa shape index (κ1) is 16.2. The molecule has 4 N–H and O–H groups in total. The molecule has 4 heteroatoms. The van der Waals surface area contributed by atoms with E-state index in [0.29, 0.717) is 6.04 Å². The van der Waals surface area contributed by atoms with Crippen molar-refractivity contribution in [1.82, 2.24) is 10.7 Å². The van der Waals surface area contributed by atoms with Gasteiger partial charge in [-0.25, -0.2) is 5.84 Å².